The van der Waals surface area contributed by atoms with E-state index in [2.05, 4.69) is 5.32 Å². The molecule has 2 fully saturated rings. The number of hydrogen-bond donors (Lipinski definition) is 3. The molecule has 3 N–H and O–H groups in total. The predicted octanol–water partition coefficient (Wildman–Crippen LogP) is -1.80. The van der Waals surface area contributed by atoms with Gasteiger partial charge >= 0.3 is 0 Å². The van der Waals surface area contributed by atoms with E-state index >= 15 is 0 Å². The fourth-order valence-electron chi connectivity index (χ4n) is 1.79. The normalized spacial score (nSPS) is 29.4. The van der Waals surface area contributed by atoms with Crippen LogP contribution in [0.15, 0.2) is 0 Å². The van der Waals surface area contributed by atoms with Crippen molar-refractivity contribution in [3.05, 3.63) is 0 Å². The molecule has 0 saturated carbocycles. The standard InChI is InChI=1S/C6H14N2O3S.C4H9NO/c1-7(2)12(10,11)8-4-3-6(9)5-8;6-4-1-2-5-3-4/h6,9H,3-5H2,1-2H3;4-6H,1-3H2/t6-;4-/m11/s1. The lowest BCUT2D eigenvalue weighted by Crippen LogP contribution is -2.38. The Bertz CT molecular complexity index is 341. The smallest absolute Gasteiger partial charge is 0.281 e. The molecule has 2 aliphatic rings. The van der Waals surface area contributed by atoms with Crippen molar-refractivity contribution in [3.8, 4) is 0 Å². The van der Waals surface area contributed by atoms with Gasteiger partial charge in [0.2, 0.25) is 0 Å². The number of nitrogens with zero attached hydrogens (tertiary/aromatic N) is 2. The molecule has 0 aliphatic carbocycles. The zero-order valence-corrected chi connectivity index (χ0v) is 11.7. The highest BCUT2D eigenvalue weighted by Gasteiger charge is 2.31. The van der Waals surface area contributed by atoms with Gasteiger partial charge in [-0.05, 0) is 19.4 Å². The van der Waals surface area contributed by atoms with E-state index < -0.39 is 16.3 Å². The van der Waals surface area contributed by atoms with Gasteiger partial charge in [-0.25, -0.2) is 0 Å². The fraction of sp³-hybridized carbons (Fsp3) is 1.00. The summed E-state index contributed by atoms with van der Waals surface area (Å²) in [4.78, 5) is 0. The van der Waals surface area contributed by atoms with Crippen molar-refractivity contribution in [2.45, 2.75) is 25.0 Å². The molecule has 108 valence electrons. The second kappa shape index (κ2) is 6.78. The molecule has 0 spiro atoms. The lowest BCUT2D eigenvalue weighted by Gasteiger charge is -2.19. The van der Waals surface area contributed by atoms with Gasteiger partial charge in [-0.2, -0.15) is 17.0 Å². The Balaban J connectivity index is 0.000000225. The summed E-state index contributed by atoms with van der Waals surface area (Å²) in [6.07, 6.45) is 0.900. The molecule has 2 aliphatic heterocycles. The van der Waals surface area contributed by atoms with Gasteiger partial charge in [-0.1, -0.05) is 0 Å². The minimum atomic E-state index is -3.30. The van der Waals surface area contributed by atoms with Crippen LogP contribution in [0.1, 0.15) is 12.8 Å². The second-order valence-corrected chi connectivity index (χ2v) is 6.88. The second-order valence-electron chi connectivity index (χ2n) is 4.74. The summed E-state index contributed by atoms with van der Waals surface area (Å²) in [6.45, 7) is 2.42. The predicted molar refractivity (Wildman–Crippen MR) is 68.3 cm³/mol. The van der Waals surface area contributed by atoms with E-state index in [4.69, 9.17) is 10.2 Å². The maximum absolute atomic E-state index is 11.4. The van der Waals surface area contributed by atoms with Crippen molar-refractivity contribution in [1.29, 1.82) is 0 Å². The van der Waals surface area contributed by atoms with Gasteiger partial charge in [0.05, 0.1) is 12.2 Å². The molecule has 0 bridgehead atoms. The van der Waals surface area contributed by atoms with Crippen LogP contribution in [0.5, 0.6) is 0 Å². The third kappa shape index (κ3) is 4.45. The van der Waals surface area contributed by atoms with Crippen molar-refractivity contribution in [2.75, 3.05) is 40.3 Å². The number of hydrogen-bond acceptors (Lipinski definition) is 5. The quantitative estimate of drug-likeness (QED) is 0.555. The van der Waals surface area contributed by atoms with Gasteiger partial charge in [-0.15, -0.1) is 0 Å². The number of β-amino-alcohol motifs (C(OH)–C–C–N with tert-alkyl or cyclic N) is 2. The van der Waals surface area contributed by atoms with E-state index in [-0.39, 0.29) is 12.6 Å². The molecule has 0 unspecified atom stereocenters. The lowest BCUT2D eigenvalue weighted by molar-refractivity contribution is 0.188. The van der Waals surface area contributed by atoms with Crippen LogP contribution >= 0.6 is 0 Å². The summed E-state index contributed by atoms with van der Waals surface area (Å²) in [5.41, 5.74) is 0. The first-order chi connectivity index (χ1) is 8.34. The van der Waals surface area contributed by atoms with Crippen LogP contribution in [-0.4, -0.2) is 79.7 Å². The summed E-state index contributed by atoms with van der Waals surface area (Å²) in [5, 5.41) is 20.8. The SMILES string of the molecule is CN(C)S(=O)(=O)N1CC[C@@H](O)C1.O[C@@H]1CCNC1. The summed E-state index contributed by atoms with van der Waals surface area (Å²) in [7, 11) is -0.331. The highest BCUT2D eigenvalue weighted by atomic mass is 32.2. The average Bonchev–Trinajstić information content (AvgIpc) is 2.90. The summed E-state index contributed by atoms with van der Waals surface area (Å²) in [5.74, 6) is 0. The molecule has 18 heavy (non-hydrogen) atoms. The molecule has 8 heteroatoms. The molecule has 0 amide bonds. The van der Waals surface area contributed by atoms with Crippen molar-refractivity contribution in [3.63, 3.8) is 0 Å². The van der Waals surface area contributed by atoms with Gasteiger partial charge in [0.15, 0.2) is 0 Å². The van der Waals surface area contributed by atoms with Crippen LogP contribution in [0.3, 0.4) is 0 Å². The van der Waals surface area contributed by atoms with E-state index in [0.717, 1.165) is 23.8 Å². The molecular formula is C10H23N3O4S. The lowest BCUT2D eigenvalue weighted by atomic mass is 10.3. The van der Waals surface area contributed by atoms with Crippen molar-refractivity contribution in [2.24, 2.45) is 0 Å². The van der Waals surface area contributed by atoms with Crippen molar-refractivity contribution >= 4 is 10.2 Å². The molecular weight excluding hydrogens is 258 g/mol. The van der Waals surface area contributed by atoms with Crippen molar-refractivity contribution in [1.82, 2.24) is 13.9 Å². The number of rotatable bonds is 2. The first kappa shape index (κ1) is 15.8. The van der Waals surface area contributed by atoms with Crippen LogP contribution in [-0.2, 0) is 10.2 Å². The van der Waals surface area contributed by atoms with Gasteiger partial charge in [0, 0.05) is 33.7 Å². The van der Waals surface area contributed by atoms with Crippen LogP contribution in [0.2, 0.25) is 0 Å². The Kier molecular flexibility index (Phi) is 5.96. The molecule has 2 atom stereocenters. The van der Waals surface area contributed by atoms with E-state index in [0.29, 0.717) is 13.0 Å². The zero-order chi connectivity index (χ0) is 13.8. The monoisotopic (exact) mass is 281 g/mol. The highest BCUT2D eigenvalue weighted by molar-refractivity contribution is 7.86. The van der Waals surface area contributed by atoms with Gasteiger partial charge < -0.3 is 15.5 Å². The van der Waals surface area contributed by atoms with Crippen molar-refractivity contribution < 1.29 is 18.6 Å². The summed E-state index contributed by atoms with van der Waals surface area (Å²) in [6, 6.07) is 0. The minimum Gasteiger partial charge on any atom is -0.392 e. The molecule has 0 radical (unpaired) electrons. The molecule has 0 aromatic heterocycles. The number of aliphatic hydroxyl groups excluding tert-OH is 2. The first-order valence-electron chi connectivity index (χ1n) is 6.08. The minimum absolute atomic E-state index is 0.0648. The topological polar surface area (TPSA) is 93.1 Å². The zero-order valence-electron chi connectivity index (χ0n) is 10.9. The van der Waals surface area contributed by atoms with E-state index in [1.807, 2.05) is 0 Å². The Morgan fingerprint density at radius 3 is 2.17 bits per heavy atom. The molecule has 7 nitrogen and oxygen atoms in total. The molecule has 2 saturated heterocycles. The maximum atomic E-state index is 11.4. The van der Waals surface area contributed by atoms with E-state index in [1.54, 1.807) is 0 Å². The Hall–Kier alpha value is -0.250. The summed E-state index contributed by atoms with van der Waals surface area (Å²) < 4.78 is 25.3. The van der Waals surface area contributed by atoms with Crippen LogP contribution < -0.4 is 5.32 Å². The number of aliphatic hydroxyl groups is 2. The highest BCUT2D eigenvalue weighted by Crippen LogP contribution is 2.14. The number of nitrogens with one attached hydrogen (secondary N) is 1. The van der Waals surface area contributed by atoms with Gasteiger partial charge in [-0.3, -0.25) is 0 Å². The van der Waals surface area contributed by atoms with E-state index in [9.17, 15) is 8.42 Å². The summed E-state index contributed by atoms with van der Waals surface area (Å²) >= 11 is 0. The molecule has 0 aromatic rings. The first-order valence-corrected chi connectivity index (χ1v) is 7.48. The maximum Gasteiger partial charge on any atom is 0.281 e. The average molecular weight is 281 g/mol. The van der Waals surface area contributed by atoms with Gasteiger partial charge in [0.25, 0.3) is 10.2 Å². The molecule has 2 rings (SSSR count). The molecule has 2 heterocycles. The van der Waals surface area contributed by atoms with Crippen LogP contribution in [0.4, 0.5) is 0 Å². The Morgan fingerprint density at radius 2 is 1.89 bits per heavy atom. The Morgan fingerprint density at radius 1 is 1.22 bits per heavy atom. The van der Waals surface area contributed by atoms with E-state index in [1.165, 1.54) is 18.4 Å². The third-order valence-corrected chi connectivity index (χ3v) is 4.86. The largest absolute Gasteiger partial charge is 0.392 e. The van der Waals surface area contributed by atoms with Crippen LogP contribution in [0, 0.1) is 0 Å². The molecule has 0 aromatic carbocycles. The van der Waals surface area contributed by atoms with Gasteiger partial charge in [0.1, 0.15) is 0 Å². The third-order valence-electron chi connectivity index (χ3n) is 2.95. The Labute approximate surface area is 109 Å². The van der Waals surface area contributed by atoms with Crippen LogP contribution in [0.25, 0.3) is 0 Å². The fourth-order valence-corrected chi connectivity index (χ4v) is 2.95.